The van der Waals surface area contributed by atoms with Gasteiger partial charge in [0.2, 0.25) is 0 Å². The lowest BCUT2D eigenvalue weighted by Gasteiger charge is -2.31. The first-order valence-corrected chi connectivity index (χ1v) is 12.4. The lowest BCUT2D eigenvalue weighted by atomic mass is 10.0. The number of carbonyl (C=O) groups is 1. The van der Waals surface area contributed by atoms with E-state index in [0.717, 1.165) is 28.5 Å². The van der Waals surface area contributed by atoms with Crippen molar-refractivity contribution in [2.75, 3.05) is 5.32 Å². The lowest BCUT2D eigenvalue weighted by Crippen LogP contribution is -2.38. The summed E-state index contributed by atoms with van der Waals surface area (Å²) in [6, 6.07) is 22.7. The normalized spacial score (nSPS) is 14.5. The predicted molar refractivity (Wildman–Crippen MR) is 142 cm³/mol. The van der Waals surface area contributed by atoms with Crippen molar-refractivity contribution in [3.05, 3.63) is 130 Å². The third kappa shape index (κ3) is 4.13. The van der Waals surface area contributed by atoms with E-state index in [-0.39, 0.29) is 11.6 Å². The first-order valence-electron chi connectivity index (χ1n) is 12.0. The predicted octanol–water partition coefficient (Wildman–Crippen LogP) is 7.04. The number of aromatic nitrogens is 3. The van der Waals surface area contributed by atoms with E-state index in [4.69, 9.17) is 16.7 Å². The molecule has 3 heterocycles. The van der Waals surface area contributed by atoms with Crippen molar-refractivity contribution in [3.63, 3.8) is 0 Å². The standard InChI is InChI=1S/C29H22ClF2N5O/c1-18-23-17-36(29(38)33-21-12-13-25(32)24(30)16-21)27(19-7-5-8-20(31)15-19)26-11-6-14-35(26)28(23)37(34-18)22-9-3-2-4-10-22/h2-16,27H,17H2,1H3,(H,33,38)/t27-/m0/s1. The molecule has 0 bridgehead atoms. The molecule has 9 heteroatoms. The van der Waals surface area contributed by atoms with Gasteiger partial charge in [-0.15, -0.1) is 0 Å². The molecule has 0 saturated carbocycles. The van der Waals surface area contributed by atoms with Crippen LogP contribution in [0.15, 0.2) is 91.1 Å². The summed E-state index contributed by atoms with van der Waals surface area (Å²) in [5, 5.41) is 7.55. The Hall–Kier alpha value is -4.43. The molecule has 2 amide bonds. The molecule has 38 heavy (non-hydrogen) atoms. The average molecular weight is 530 g/mol. The lowest BCUT2D eigenvalue weighted by molar-refractivity contribution is 0.194. The van der Waals surface area contributed by atoms with Crippen molar-refractivity contribution < 1.29 is 13.6 Å². The number of hydrogen-bond acceptors (Lipinski definition) is 2. The van der Waals surface area contributed by atoms with Crippen LogP contribution in [-0.2, 0) is 6.54 Å². The van der Waals surface area contributed by atoms with Crippen LogP contribution in [0, 0.1) is 18.6 Å². The number of nitrogens with zero attached hydrogens (tertiary/aromatic N) is 4. The van der Waals surface area contributed by atoms with Crippen LogP contribution in [0.4, 0.5) is 19.3 Å². The highest BCUT2D eigenvalue weighted by molar-refractivity contribution is 6.31. The summed E-state index contributed by atoms with van der Waals surface area (Å²) in [6.07, 6.45) is 1.92. The number of halogens is 3. The zero-order valence-electron chi connectivity index (χ0n) is 20.3. The minimum atomic E-state index is -0.632. The van der Waals surface area contributed by atoms with Crippen LogP contribution in [-0.4, -0.2) is 25.3 Å². The molecule has 0 radical (unpaired) electrons. The fourth-order valence-electron chi connectivity index (χ4n) is 4.95. The fourth-order valence-corrected chi connectivity index (χ4v) is 5.13. The van der Waals surface area contributed by atoms with Crippen molar-refractivity contribution in [2.45, 2.75) is 19.5 Å². The number of amides is 2. The Kier molecular flexibility index (Phi) is 5.96. The molecule has 6 nitrogen and oxygen atoms in total. The van der Waals surface area contributed by atoms with E-state index in [1.54, 1.807) is 17.0 Å². The monoisotopic (exact) mass is 529 g/mol. The molecule has 0 fully saturated rings. The van der Waals surface area contributed by atoms with Gasteiger partial charge in [-0.2, -0.15) is 5.10 Å². The maximum absolute atomic E-state index is 14.4. The molecular formula is C29H22ClF2N5O. The molecule has 1 aliphatic rings. The number of fused-ring (bicyclic) bond motifs is 3. The highest BCUT2D eigenvalue weighted by atomic mass is 35.5. The highest BCUT2D eigenvalue weighted by Gasteiger charge is 2.36. The quantitative estimate of drug-likeness (QED) is 0.272. The Bertz CT molecular complexity index is 1660. The average Bonchev–Trinajstić information content (AvgIpc) is 3.47. The second-order valence-corrected chi connectivity index (χ2v) is 9.49. The van der Waals surface area contributed by atoms with Gasteiger partial charge in [0, 0.05) is 17.4 Å². The number of rotatable bonds is 3. The van der Waals surface area contributed by atoms with Crippen LogP contribution in [0.25, 0.3) is 11.5 Å². The third-order valence-corrected chi connectivity index (χ3v) is 6.97. The fraction of sp³-hybridized carbons (Fsp3) is 0.103. The Morgan fingerprint density at radius 1 is 1.00 bits per heavy atom. The summed E-state index contributed by atoms with van der Waals surface area (Å²) in [5.74, 6) is -0.182. The smallest absolute Gasteiger partial charge is 0.308 e. The minimum Gasteiger partial charge on any atom is -0.308 e. The van der Waals surface area contributed by atoms with Gasteiger partial charge in [-0.25, -0.2) is 18.3 Å². The number of nitrogens with one attached hydrogen (secondary N) is 1. The van der Waals surface area contributed by atoms with E-state index in [9.17, 15) is 13.6 Å². The summed E-state index contributed by atoms with van der Waals surface area (Å²) >= 11 is 5.96. The van der Waals surface area contributed by atoms with Gasteiger partial charge >= 0.3 is 6.03 Å². The van der Waals surface area contributed by atoms with E-state index in [2.05, 4.69) is 5.32 Å². The van der Waals surface area contributed by atoms with Gasteiger partial charge in [-0.3, -0.25) is 0 Å². The number of anilines is 1. The SMILES string of the molecule is Cc1nn(-c2ccccc2)c2c1CN(C(=O)Nc1ccc(F)c(Cl)c1)[C@@H](c1cccc(F)c1)c1cccn1-2. The van der Waals surface area contributed by atoms with E-state index < -0.39 is 23.7 Å². The zero-order valence-corrected chi connectivity index (χ0v) is 21.0. The summed E-state index contributed by atoms with van der Waals surface area (Å²) in [4.78, 5) is 15.5. The molecule has 2 aromatic heterocycles. The Balaban J connectivity index is 1.53. The first kappa shape index (κ1) is 23.9. The van der Waals surface area contributed by atoms with Gasteiger partial charge in [-0.05, 0) is 67.1 Å². The Labute approximate surface area is 222 Å². The van der Waals surface area contributed by atoms with Gasteiger partial charge in [-0.1, -0.05) is 41.9 Å². The molecule has 3 aromatic carbocycles. The Morgan fingerprint density at radius 2 is 1.82 bits per heavy atom. The van der Waals surface area contributed by atoms with Crippen molar-refractivity contribution in [3.8, 4) is 11.5 Å². The summed E-state index contributed by atoms with van der Waals surface area (Å²) in [5.41, 5.74) is 4.19. The summed E-state index contributed by atoms with van der Waals surface area (Å²) in [7, 11) is 0. The van der Waals surface area contributed by atoms with E-state index >= 15 is 0 Å². The molecule has 190 valence electrons. The van der Waals surface area contributed by atoms with Crippen molar-refractivity contribution in [1.82, 2.24) is 19.2 Å². The van der Waals surface area contributed by atoms with Crippen molar-refractivity contribution >= 4 is 23.3 Å². The molecule has 6 rings (SSSR count). The topological polar surface area (TPSA) is 55.1 Å². The Morgan fingerprint density at radius 3 is 2.58 bits per heavy atom. The van der Waals surface area contributed by atoms with Crippen molar-refractivity contribution in [2.24, 2.45) is 0 Å². The minimum absolute atomic E-state index is 0.100. The first-order chi connectivity index (χ1) is 18.4. The summed E-state index contributed by atoms with van der Waals surface area (Å²) in [6.45, 7) is 2.09. The molecule has 0 aliphatic carbocycles. The van der Waals surface area contributed by atoms with Crippen LogP contribution in [0.2, 0.25) is 5.02 Å². The molecule has 5 aromatic rings. The number of carbonyl (C=O) groups excluding carboxylic acids is 1. The van der Waals surface area contributed by atoms with E-state index in [0.29, 0.717) is 11.3 Å². The van der Waals surface area contributed by atoms with Crippen LogP contribution < -0.4 is 5.32 Å². The highest BCUT2D eigenvalue weighted by Crippen LogP contribution is 2.39. The molecular weight excluding hydrogens is 508 g/mol. The second kappa shape index (κ2) is 9.46. The molecule has 1 aliphatic heterocycles. The van der Waals surface area contributed by atoms with Crippen LogP contribution in [0.3, 0.4) is 0 Å². The van der Waals surface area contributed by atoms with Gasteiger partial charge in [0.05, 0.1) is 34.7 Å². The van der Waals surface area contributed by atoms with E-state index in [1.807, 2.05) is 64.8 Å². The van der Waals surface area contributed by atoms with Gasteiger partial charge in [0.15, 0.2) is 0 Å². The summed E-state index contributed by atoms with van der Waals surface area (Å²) < 4.78 is 32.0. The number of urea groups is 1. The van der Waals surface area contributed by atoms with E-state index in [1.165, 1.54) is 30.3 Å². The largest absolute Gasteiger partial charge is 0.322 e. The molecule has 0 saturated heterocycles. The zero-order chi connectivity index (χ0) is 26.4. The van der Waals surface area contributed by atoms with Gasteiger partial charge in [0.25, 0.3) is 0 Å². The molecule has 0 spiro atoms. The van der Waals surface area contributed by atoms with Crippen LogP contribution in [0.1, 0.15) is 28.6 Å². The van der Waals surface area contributed by atoms with Crippen molar-refractivity contribution in [1.29, 1.82) is 0 Å². The van der Waals surface area contributed by atoms with Crippen LogP contribution in [0.5, 0.6) is 0 Å². The number of para-hydroxylation sites is 1. The third-order valence-electron chi connectivity index (χ3n) is 6.68. The molecule has 1 atom stereocenters. The number of aryl methyl sites for hydroxylation is 1. The maximum Gasteiger partial charge on any atom is 0.322 e. The number of benzene rings is 3. The molecule has 0 unspecified atom stereocenters. The maximum atomic E-state index is 14.4. The van der Waals surface area contributed by atoms with Crippen LogP contribution >= 0.6 is 11.6 Å². The number of hydrogen-bond donors (Lipinski definition) is 1. The van der Waals surface area contributed by atoms with Gasteiger partial charge < -0.3 is 14.8 Å². The molecule has 1 N–H and O–H groups in total. The van der Waals surface area contributed by atoms with Gasteiger partial charge in [0.1, 0.15) is 17.5 Å². The second-order valence-electron chi connectivity index (χ2n) is 9.08.